The number of hydrogen-bond acceptors (Lipinski definition) is 2. The van der Waals surface area contributed by atoms with Crippen molar-refractivity contribution in [2.75, 3.05) is 20.1 Å². The Morgan fingerprint density at radius 3 is 2.44 bits per heavy atom. The molecule has 1 amide bonds. The molecular formula is C14H29ClN2O. The van der Waals surface area contributed by atoms with Gasteiger partial charge in [0.1, 0.15) is 0 Å². The summed E-state index contributed by atoms with van der Waals surface area (Å²) in [5.74, 6) is 1.70. The highest BCUT2D eigenvalue weighted by atomic mass is 35.5. The Kier molecular flexibility index (Phi) is 7.23. The monoisotopic (exact) mass is 276 g/mol. The number of carbonyl (C=O) groups excluding carboxylic acids is 1. The third kappa shape index (κ3) is 5.57. The van der Waals surface area contributed by atoms with Crippen LogP contribution in [0.1, 0.15) is 46.5 Å². The summed E-state index contributed by atoms with van der Waals surface area (Å²) < 4.78 is 0. The van der Waals surface area contributed by atoms with E-state index in [1.54, 1.807) is 0 Å². The lowest BCUT2D eigenvalue weighted by Gasteiger charge is -2.29. The van der Waals surface area contributed by atoms with Crippen molar-refractivity contribution in [1.29, 1.82) is 0 Å². The number of amides is 1. The van der Waals surface area contributed by atoms with Gasteiger partial charge in [0, 0.05) is 20.0 Å². The van der Waals surface area contributed by atoms with E-state index in [9.17, 15) is 4.79 Å². The standard InChI is InChI=1S/C14H28N2O.ClH/c1-11-5-6-12(7-11)8-13(17)16(4)10-14(2,3)9-15;/h11-12H,5-10,15H2,1-4H3;1H. The van der Waals surface area contributed by atoms with Gasteiger partial charge >= 0.3 is 0 Å². The van der Waals surface area contributed by atoms with Gasteiger partial charge in [-0.25, -0.2) is 0 Å². The highest BCUT2D eigenvalue weighted by molar-refractivity contribution is 5.85. The molecule has 2 unspecified atom stereocenters. The van der Waals surface area contributed by atoms with Crippen LogP contribution in [0.2, 0.25) is 0 Å². The minimum Gasteiger partial charge on any atom is -0.345 e. The van der Waals surface area contributed by atoms with Crippen LogP contribution in [0.3, 0.4) is 0 Å². The van der Waals surface area contributed by atoms with E-state index in [4.69, 9.17) is 5.73 Å². The van der Waals surface area contributed by atoms with Crippen molar-refractivity contribution in [2.45, 2.75) is 46.5 Å². The van der Waals surface area contributed by atoms with E-state index in [-0.39, 0.29) is 23.7 Å². The molecule has 1 aliphatic carbocycles. The van der Waals surface area contributed by atoms with E-state index in [0.717, 1.165) is 18.9 Å². The molecule has 1 fully saturated rings. The molecule has 0 saturated heterocycles. The molecule has 4 heteroatoms. The minimum atomic E-state index is 0. The molecule has 0 heterocycles. The van der Waals surface area contributed by atoms with Gasteiger partial charge in [-0.05, 0) is 36.6 Å². The predicted molar refractivity (Wildman–Crippen MR) is 78.8 cm³/mol. The van der Waals surface area contributed by atoms with E-state index in [1.807, 2.05) is 11.9 Å². The summed E-state index contributed by atoms with van der Waals surface area (Å²) in [5, 5.41) is 0. The molecule has 2 N–H and O–H groups in total. The topological polar surface area (TPSA) is 46.3 Å². The molecule has 18 heavy (non-hydrogen) atoms. The van der Waals surface area contributed by atoms with Gasteiger partial charge in [-0.3, -0.25) is 4.79 Å². The van der Waals surface area contributed by atoms with Crippen LogP contribution in [0, 0.1) is 17.3 Å². The Balaban J connectivity index is 0.00000289. The maximum Gasteiger partial charge on any atom is 0.222 e. The Hall–Kier alpha value is -0.280. The van der Waals surface area contributed by atoms with Crippen LogP contribution in [-0.4, -0.2) is 30.9 Å². The Labute approximate surface area is 118 Å². The summed E-state index contributed by atoms with van der Waals surface area (Å²) in [7, 11) is 1.90. The Bertz CT molecular complexity index is 269. The molecule has 0 aromatic heterocycles. The first kappa shape index (κ1) is 17.7. The van der Waals surface area contributed by atoms with Crippen molar-refractivity contribution in [3.05, 3.63) is 0 Å². The molecule has 0 aromatic carbocycles. The zero-order valence-electron chi connectivity index (χ0n) is 12.2. The van der Waals surface area contributed by atoms with Gasteiger partial charge in [0.15, 0.2) is 0 Å². The van der Waals surface area contributed by atoms with Crippen molar-refractivity contribution >= 4 is 18.3 Å². The molecule has 1 aliphatic rings. The lowest BCUT2D eigenvalue weighted by molar-refractivity contribution is -0.132. The van der Waals surface area contributed by atoms with Crippen LogP contribution in [0.25, 0.3) is 0 Å². The van der Waals surface area contributed by atoms with Gasteiger partial charge in [0.25, 0.3) is 0 Å². The largest absolute Gasteiger partial charge is 0.345 e. The quantitative estimate of drug-likeness (QED) is 0.839. The van der Waals surface area contributed by atoms with Crippen LogP contribution in [0.5, 0.6) is 0 Å². The number of hydrogen-bond donors (Lipinski definition) is 1. The van der Waals surface area contributed by atoms with E-state index in [1.165, 1.54) is 19.3 Å². The number of nitrogens with zero attached hydrogens (tertiary/aromatic N) is 1. The van der Waals surface area contributed by atoms with E-state index in [0.29, 0.717) is 12.5 Å². The molecule has 1 saturated carbocycles. The molecule has 0 aliphatic heterocycles. The third-order valence-corrected chi connectivity index (χ3v) is 3.91. The number of nitrogens with two attached hydrogens (primary N) is 1. The van der Waals surface area contributed by atoms with Crippen molar-refractivity contribution < 1.29 is 4.79 Å². The first-order valence-corrected chi connectivity index (χ1v) is 6.78. The summed E-state index contributed by atoms with van der Waals surface area (Å²) in [5.41, 5.74) is 5.72. The first-order valence-electron chi connectivity index (χ1n) is 6.78. The predicted octanol–water partition coefficient (Wildman–Crippen LogP) is 2.68. The molecule has 2 atom stereocenters. The second-order valence-electron chi connectivity index (χ2n) is 6.61. The fourth-order valence-corrected chi connectivity index (χ4v) is 2.71. The normalized spacial score (nSPS) is 23.6. The molecular weight excluding hydrogens is 248 g/mol. The molecule has 108 valence electrons. The fraction of sp³-hybridized carbons (Fsp3) is 0.929. The van der Waals surface area contributed by atoms with Gasteiger partial charge in [-0.15, -0.1) is 12.4 Å². The smallest absolute Gasteiger partial charge is 0.222 e. The van der Waals surface area contributed by atoms with Gasteiger partial charge in [0.2, 0.25) is 5.91 Å². The number of carbonyl (C=O) groups is 1. The average Bonchev–Trinajstić information content (AvgIpc) is 2.63. The Morgan fingerprint density at radius 1 is 1.39 bits per heavy atom. The first-order chi connectivity index (χ1) is 7.84. The van der Waals surface area contributed by atoms with Crippen LogP contribution in [0.4, 0.5) is 0 Å². The van der Waals surface area contributed by atoms with Crippen molar-refractivity contribution in [1.82, 2.24) is 4.90 Å². The fourth-order valence-electron chi connectivity index (χ4n) is 2.71. The maximum absolute atomic E-state index is 12.1. The van der Waals surface area contributed by atoms with Gasteiger partial charge < -0.3 is 10.6 Å². The summed E-state index contributed by atoms with van der Waals surface area (Å²) in [6.45, 7) is 7.87. The van der Waals surface area contributed by atoms with Crippen LogP contribution in [0.15, 0.2) is 0 Å². The van der Waals surface area contributed by atoms with Crippen molar-refractivity contribution in [3.63, 3.8) is 0 Å². The summed E-state index contributed by atoms with van der Waals surface area (Å²) in [4.78, 5) is 13.9. The average molecular weight is 277 g/mol. The SMILES string of the molecule is CC1CCC(CC(=O)N(C)CC(C)(C)CN)C1.Cl. The van der Waals surface area contributed by atoms with Gasteiger partial charge in [-0.2, -0.15) is 0 Å². The minimum absolute atomic E-state index is 0. The second kappa shape index (κ2) is 7.34. The molecule has 3 nitrogen and oxygen atoms in total. The van der Waals surface area contributed by atoms with E-state index >= 15 is 0 Å². The molecule has 0 radical (unpaired) electrons. The number of rotatable bonds is 5. The summed E-state index contributed by atoms with van der Waals surface area (Å²) in [6, 6.07) is 0. The maximum atomic E-state index is 12.1. The molecule has 0 aromatic rings. The highest BCUT2D eigenvalue weighted by Gasteiger charge is 2.26. The molecule has 0 spiro atoms. The van der Waals surface area contributed by atoms with Gasteiger partial charge in [0.05, 0.1) is 0 Å². The lowest BCUT2D eigenvalue weighted by atomic mass is 9.92. The zero-order valence-corrected chi connectivity index (χ0v) is 13.1. The van der Waals surface area contributed by atoms with E-state index < -0.39 is 0 Å². The van der Waals surface area contributed by atoms with Crippen molar-refractivity contribution in [2.24, 2.45) is 23.0 Å². The van der Waals surface area contributed by atoms with Crippen LogP contribution >= 0.6 is 12.4 Å². The highest BCUT2D eigenvalue weighted by Crippen LogP contribution is 2.32. The second-order valence-corrected chi connectivity index (χ2v) is 6.61. The van der Waals surface area contributed by atoms with Crippen molar-refractivity contribution in [3.8, 4) is 0 Å². The Morgan fingerprint density at radius 2 is 2.00 bits per heavy atom. The molecule has 0 bridgehead atoms. The van der Waals surface area contributed by atoms with Crippen LogP contribution in [-0.2, 0) is 4.79 Å². The molecule has 1 rings (SSSR count). The summed E-state index contributed by atoms with van der Waals surface area (Å²) in [6.07, 6.45) is 4.46. The van der Waals surface area contributed by atoms with Gasteiger partial charge in [-0.1, -0.05) is 27.2 Å². The zero-order chi connectivity index (χ0) is 13.1. The van der Waals surface area contributed by atoms with Crippen LogP contribution < -0.4 is 5.73 Å². The van der Waals surface area contributed by atoms with E-state index in [2.05, 4.69) is 20.8 Å². The number of halogens is 1. The lowest BCUT2D eigenvalue weighted by Crippen LogP contribution is -2.40. The third-order valence-electron chi connectivity index (χ3n) is 3.91. The summed E-state index contributed by atoms with van der Waals surface area (Å²) >= 11 is 0.